The van der Waals surface area contributed by atoms with E-state index in [1.807, 2.05) is 0 Å². The van der Waals surface area contributed by atoms with Crippen LogP contribution in [0.2, 0.25) is 0 Å². The number of aryl methyl sites for hydroxylation is 2. The van der Waals surface area contributed by atoms with Crippen molar-refractivity contribution in [3.8, 4) is 0 Å². The second-order valence-electron chi connectivity index (χ2n) is 6.33. The van der Waals surface area contributed by atoms with Crippen LogP contribution in [0.1, 0.15) is 56.7 Å². The number of allylic oxidation sites excluding steroid dienone is 6. The van der Waals surface area contributed by atoms with Crippen molar-refractivity contribution in [1.82, 2.24) is 0 Å². The van der Waals surface area contributed by atoms with Crippen LogP contribution in [-0.2, 0) is 12.8 Å². The van der Waals surface area contributed by atoms with Gasteiger partial charge in [0.25, 0.3) is 0 Å². The van der Waals surface area contributed by atoms with E-state index in [-0.39, 0.29) is 0 Å². The molecule has 0 unspecified atom stereocenters. The maximum Gasteiger partial charge on any atom is -0.00644 e. The number of rotatable bonds is 4. The van der Waals surface area contributed by atoms with Crippen molar-refractivity contribution in [3.05, 3.63) is 69.8 Å². The van der Waals surface area contributed by atoms with Crippen LogP contribution in [0.25, 0.3) is 0 Å². The minimum atomic E-state index is 1.10. The van der Waals surface area contributed by atoms with E-state index in [4.69, 9.17) is 0 Å². The third kappa shape index (κ3) is 4.46. The van der Waals surface area contributed by atoms with Gasteiger partial charge in [-0.05, 0) is 64.0 Å². The van der Waals surface area contributed by atoms with Crippen molar-refractivity contribution < 1.29 is 0 Å². The van der Waals surface area contributed by atoms with E-state index in [1.165, 1.54) is 29.5 Å². The van der Waals surface area contributed by atoms with Crippen LogP contribution in [0.3, 0.4) is 0 Å². The second kappa shape index (κ2) is 7.45. The summed E-state index contributed by atoms with van der Waals surface area (Å²) in [6, 6.07) is 6.93. The van der Waals surface area contributed by atoms with Crippen molar-refractivity contribution in [2.75, 3.05) is 0 Å². The summed E-state index contributed by atoms with van der Waals surface area (Å²) in [6.07, 6.45) is 12.6. The molecule has 0 atom stereocenters. The van der Waals surface area contributed by atoms with Gasteiger partial charge in [-0.1, -0.05) is 65.6 Å². The topological polar surface area (TPSA) is 0 Å². The lowest BCUT2D eigenvalue weighted by molar-refractivity contribution is 0.904. The van der Waals surface area contributed by atoms with Crippen LogP contribution >= 0.6 is 0 Å². The summed E-state index contributed by atoms with van der Waals surface area (Å²) >= 11 is 0. The minimum Gasteiger partial charge on any atom is -0.0805 e. The fraction of sp³-hybridized carbons (Fsp3) is 0.429. The molecule has 21 heavy (non-hydrogen) atoms. The molecular weight excluding hydrogens is 252 g/mol. The first-order valence-corrected chi connectivity index (χ1v) is 8.18. The van der Waals surface area contributed by atoms with E-state index in [1.54, 1.807) is 16.7 Å². The van der Waals surface area contributed by atoms with Crippen LogP contribution in [-0.4, -0.2) is 0 Å². The second-order valence-corrected chi connectivity index (χ2v) is 6.33. The molecule has 0 heterocycles. The Kier molecular flexibility index (Phi) is 5.61. The van der Waals surface area contributed by atoms with Gasteiger partial charge in [-0.3, -0.25) is 0 Å². The zero-order chi connectivity index (χ0) is 15.2. The van der Waals surface area contributed by atoms with Crippen LogP contribution in [0.4, 0.5) is 0 Å². The first kappa shape index (κ1) is 15.8. The van der Waals surface area contributed by atoms with Gasteiger partial charge in [-0.25, -0.2) is 0 Å². The highest BCUT2D eigenvalue weighted by atomic mass is 14.2. The van der Waals surface area contributed by atoms with E-state index in [9.17, 15) is 0 Å². The Labute approximate surface area is 130 Å². The van der Waals surface area contributed by atoms with Crippen molar-refractivity contribution in [2.24, 2.45) is 0 Å². The molecule has 1 aromatic rings. The summed E-state index contributed by atoms with van der Waals surface area (Å²) in [6.45, 7) is 8.90. The first-order chi connectivity index (χ1) is 10.1. The Hall–Kier alpha value is -1.56. The normalized spacial score (nSPS) is 16.3. The molecule has 0 fully saturated rings. The molecule has 0 aromatic heterocycles. The van der Waals surface area contributed by atoms with Gasteiger partial charge in [0.05, 0.1) is 0 Å². The zero-order valence-corrected chi connectivity index (χ0v) is 14.0. The van der Waals surface area contributed by atoms with Gasteiger partial charge in [0.15, 0.2) is 0 Å². The average molecular weight is 280 g/mol. The summed E-state index contributed by atoms with van der Waals surface area (Å²) in [5, 5.41) is 0. The van der Waals surface area contributed by atoms with Gasteiger partial charge >= 0.3 is 0 Å². The molecule has 112 valence electrons. The number of fused-ring (bicyclic) bond motifs is 1. The molecule has 0 bridgehead atoms. The quantitative estimate of drug-likeness (QED) is 0.461. The SMILES string of the molecule is CC/C(C)=C/C=C\CC1=C(C)Cc2ccc(C)cc2CC1. The van der Waals surface area contributed by atoms with Crippen LogP contribution in [0, 0.1) is 6.92 Å². The number of benzene rings is 1. The van der Waals surface area contributed by atoms with Crippen molar-refractivity contribution >= 4 is 0 Å². The van der Waals surface area contributed by atoms with E-state index in [0.717, 1.165) is 19.3 Å². The average Bonchev–Trinajstić information content (AvgIpc) is 2.62. The third-order valence-corrected chi connectivity index (χ3v) is 4.56. The van der Waals surface area contributed by atoms with Gasteiger partial charge in [-0.15, -0.1) is 0 Å². The monoisotopic (exact) mass is 280 g/mol. The third-order valence-electron chi connectivity index (χ3n) is 4.56. The Morgan fingerprint density at radius 3 is 2.71 bits per heavy atom. The number of hydrogen-bond donors (Lipinski definition) is 0. The summed E-state index contributed by atoms with van der Waals surface area (Å²) in [7, 11) is 0. The molecule has 1 aliphatic carbocycles. The maximum absolute atomic E-state index is 2.37. The highest BCUT2D eigenvalue weighted by molar-refractivity contribution is 5.38. The fourth-order valence-corrected chi connectivity index (χ4v) is 2.91. The van der Waals surface area contributed by atoms with Gasteiger partial charge in [0, 0.05) is 0 Å². The van der Waals surface area contributed by atoms with Gasteiger partial charge in [-0.2, -0.15) is 0 Å². The smallest absolute Gasteiger partial charge is 0.00644 e. The Morgan fingerprint density at radius 2 is 1.95 bits per heavy atom. The molecule has 0 saturated carbocycles. The van der Waals surface area contributed by atoms with E-state index < -0.39 is 0 Å². The molecular formula is C21H28. The molecule has 0 radical (unpaired) electrons. The fourth-order valence-electron chi connectivity index (χ4n) is 2.91. The maximum atomic E-state index is 2.37. The van der Waals surface area contributed by atoms with Crippen molar-refractivity contribution in [1.29, 1.82) is 0 Å². The Balaban J connectivity index is 2.06. The molecule has 0 spiro atoms. The lowest BCUT2D eigenvalue weighted by Gasteiger charge is -2.07. The largest absolute Gasteiger partial charge is 0.0805 e. The van der Waals surface area contributed by atoms with Gasteiger partial charge in [0.2, 0.25) is 0 Å². The molecule has 0 aliphatic heterocycles. The molecule has 0 heteroatoms. The molecule has 2 rings (SSSR count). The van der Waals surface area contributed by atoms with E-state index in [2.05, 4.69) is 64.1 Å². The summed E-state index contributed by atoms with van der Waals surface area (Å²) in [5.74, 6) is 0. The predicted molar refractivity (Wildman–Crippen MR) is 93.7 cm³/mol. The molecule has 1 aromatic carbocycles. The zero-order valence-electron chi connectivity index (χ0n) is 14.0. The molecule has 1 aliphatic rings. The highest BCUT2D eigenvalue weighted by Crippen LogP contribution is 2.27. The highest BCUT2D eigenvalue weighted by Gasteiger charge is 2.12. The molecule has 0 N–H and O–H groups in total. The Bertz CT molecular complexity index is 582. The van der Waals surface area contributed by atoms with Gasteiger partial charge < -0.3 is 0 Å². The lowest BCUT2D eigenvalue weighted by Crippen LogP contribution is -1.92. The summed E-state index contributed by atoms with van der Waals surface area (Å²) < 4.78 is 0. The van der Waals surface area contributed by atoms with Crippen molar-refractivity contribution in [2.45, 2.75) is 59.8 Å². The lowest BCUT2D eigenvalue weighted by atomic mass is 9.99. The molecule has 0 saturated heterocycles. The standard InChI is InChI=1S/C21H28/c1-5-16(2)8-6-7-9-19-12-13-20-14-17(3)10-11-21(20)15-18(19)4/h6-8,10-11,14H,5,9,12-13,15H2,1-4H3/b7-6-,16-8+. The van der Waals surface area contributed by atoms with Crippen LogP contribution in [0.5, 0.6) is 0 Å². The first-order valence-electron chi connectivity index (χ1n) is 8.18. The number of hydrogen-bond acceptors (Lipinski definition) is 0. The Morgan fingerprint density at radius 1 is 1.14 bits per heavy atom. The van der Waals surface area contributed by atoms with Crippen LogP contribution in [0.15, 0.2) is 53.1 Å². The van der Waals surface area contributed by atoms with E-state index in [0.29, 0.717) is 0 Å². The van der Waals surface area contributed by atoms with Gasteiger partial charge in [0.1, 0.15) is 0 Å². The molecule has 0 amide bonds. The van der Waals surface area contributed by atoms with Crippen molar-refractivity contribution in [3.63, 3.8) is 0 Å². The van der Waals surface area contributed by atoms with E-state index >= 15 is 0 Å². The summed E-state index contributed by atoms with van der Waals surface area (Å²) in [5.41, 5.74) is 9.10. The van der Waals surface area contributed by atoms with Crippen LogP contribution < -0.4 is 0 Å². The minimum absolute atomic E-state index is 1.10. The molecule has 0 nitrogen and oxygen atoms in total. The predicted octanol–water partition coefficient (Wildman–Crippen LogP) is 6.10. The summed E-state index contributed by atoms with van der Waals surface area (Å²) in [4.78, 5) is 0.